The minimum atomic E-state index is 0.722. The molecule has 84 valence electrons. The van der Waals surface area contributed by atoms with Crippen molar-refractivity contribution in [2.24, 2.45) is 11.8 Å². The highest BCUT2D eigenvalue weighted by molar-refractivity contribution is 4.81. The molecule has 0 radical (unpaired) electrons. The van der Waals surface area contributed by atoms with E-state index < -0.39 is 0 Å². The molecule has 1 nitrogen and oxygen atoms in total. The monoisotopic (exact) mass is 197 g/mol. The number of piperidine rings is 1. The second kappa shape index (κ2) is 5.16. The van der Waals surface area contributed by atoms with Crippen LogP contribution >= 0.6 is 0 Å². The van der Waals surface area contributed by atoms with Crippen molar-refractivity contribution in [2.75, 3.05) is 6.54 Å². The Morgan fingerprint density at radius 2 is 1.79 bits per heavy atom. The molecule has 0 spiro atoms. The lowest BCUT2D eigenvalue weighted by Crippen LogP contribution is -2.45. The first-order valence-electron chi connectivity index (χ1n) is 6.26. The number of nitrogens with zero attached hydrogens (tertiary/aromatic N) is 1. The lowest BCUT2D eigenvalue weighted by molar-refractivity contribution is 0.0784. The Morgan fingerprint density at radius 3 is 2.29 bits per heavy atom. The first-order chi connectivity index (χ1) is 6.50. The summed E-state index contributed by atoms with van der Waals surface area (Å²) in [6.45, 7) is 13.1. The van der Waals surface area contributed by atoms with Crippen molar-refractivity contribution in [1.82, 2.24) is 4.90 Å². The van der Waals surface area contributed by atoms with Crippen LogP contribution in [0.1, 0.15) is 53.9 Å². The van der Waals surface area contributed by atoms with Gasteiger partial charge in [0.15, 0.2) is 0 Å². The highest BCUT2D eigenvalue weighted by Crippen LogP contribution is 2.27. The zero-order chi connectivity index (χ0) is 10.7. The van der Waals surface area contributed by atoms with Crippen molar-refractivity contribution in [2.45, 2.75) is 66.0 Å². The van der Waals surface area contributed by atoms with Gasteiger partial charge in [-0.2, -0.15) is 0 Å². The Kier molecular flexibility index (Phi) is 4.43. The predicted molar refractivity (Wildman–Crippen MR) is 63.5 cm³/mol. The van der Waals surface area contributed by atoms with E-state index in [0.29, 0.717) is 0 Å². The number of likely N-dealkylation sites (tertiary alicyclic amines) is 1. The maximum Gasteiger partial charge on any atom is 0.00698 e. The van der Waals surface area contributed by atoms with Gasteiger partial charge in [0, 0.05) is 18.6 Å². The van der Waals surface area contributed by atoms with E-state index in [-0.39, 0.29) is 0 Å². The minimum absolute atomic E-state index is 0.722. The van der Waals surface area contributed by atoms with Crippen LogP contribution in [0.15, 0.2) is 0 Å². The summed E-state index contributed by atoms with van der Waals surface area (Å²) < 4.78 is 0. The van der Waals surface area contributed by atoms with Gasteiger partial charge in [0.05, 0.1) is 0 Å². The van der Waals surface area contributed by atoms with E-state index in [2.05, 4.69) is 39.5 Å². The molecule has 1 rings (SSSR count). The molecule has 1 heteroatoms. The van der Waals surface area contributed by atoms with Crippen LogP contribution in [0.2, 0.25) is 0 Å². The summed E-state index contributed by atoms with van der Waals surface area (Å²) in [5.74, 6) is 1.82. The second-order valence-corrected chi connectivity index (χ2v) is 5.71. The van der Waals surface area contributed by atoms with Gasteiger partial charge < -0.3 is 0 Å². The van der Waals surface area contributed by atoms with Crippen molar-refractivity contribution in [1.29, 1.82) is 0 Å². The van der Waals surface area contributed by atoms with Crippen molar-refractivity contribution in [3.8, 4) is 0 Å². The molecule has 0 aromatic rings. The number of hydrogen-bond donors (Lipinski definition) is 0. The van der Waals surface area contributed by atoms with Gasteiger partial charge in [-0.15, -0.1) is 0 Å². The van der Waals surface area contributed by atoms with Crippen LogP contribution in [0.25, 0.3) is 0 Å². The summed E-state index contributed by atoms with van der Waals surface area (Å²) in [6, 6.07) is 1.53. The highest BCUT2D eigenvalue weighted by Gasteiger charge is 2.27. The molecule has 1 heterocycles. The third-order valence-electron chi connectivity index (χ3n) is 3.50. The van der Waals surface area contributed by atoms with Crippen LogP contribution in [0, 0.1) is 11.8 Å². The third kappa shape index (κ3) is 3.27. The molecule has 1 fully saturated rings. The maximum absolute atomic E-state index is 2.68. The molecule has 1 saturated heterocycles. The molecule has 0 amide bonds. The molecule has 1 aliphatic rings. The topological polar surface area (TPSA) is 3.24 Å². The molecule has 0 aromatic carbocycles. The molecule has 0 bridgehead atoms. The second-order valence-electron chi connectivity index (χ2n) is 5.71. The Bertz CT molecular complexity index is 163. The van der Waals surface area contributed by atoms with Crippen LogP contribution in [0.4, 0.5) is 0 Å². The lowest BCUT2D eigenvalue weighted by atomic mass is 9.86. The zero-order valence-corrected chi connectivity index (χ0v) is 10.6. The molecular weight excluding hydrogens is 170 g/mol. The molecule has 0 N–H and O–H groups in total. The molecule has 2 atom stereocenters. The Hall–Kier alpha value is -0.0400. The fraction of sp³-hybridized carbons (Fsp3) is 1.00. The van der Waals surface area contributed by atoms with E-state index >= 15 is 0 Å². The molecular formula is C13H27N. The van der Waals surface area contributed by atoms with Gasteiger partial charge in [0.25, 0.3) is 0 Å². The third-order valence-corrected chi connectivity index (χ3v) is 3.50. The van der Waals surface area contributed by atoms with Crippen LogP contribution in [-0.4, -0.2) is 23.5 Å². The Morgan fingerprint density at radius 1 is 1.14 bits per heavy atom. The SMILES string of the molecule is CC(C)CC1CCC(C)N(C(C)C)C1. The molecule has 2 unspecified atom stereocenters. The van der Waals surface area contributed by atoms with E-state index in [9.17, 15) is 0 Å². The molecule has 0 saturated carbocycles. The van der Waals surface area contributed by atoms with E-state index in [1.807, 2.05) is 0 Å². The van der Waals surface area contributed by atoms with Crippen LogP contribution < -0.4 is 0 Å². The smallest absolute Gasteiger partial charge is 0.00698 e. The molecule has 1 aliphatic heterocycles. The quantitative estimate of drug-likeness (QED) is 0.669. The van der Waals surface area contributed by atoms with Crippen LogP contribution in [-0.2, 0) is 0 Å². The van der Waals surface area contributed by atoms with Gasteiger partial charge in [-0.05, 0) is 51.9 Å². The Balaban J connectivity index is 2.45. The van der Waals surface area contributed by atoms with Gasteiger partial charge in [-0.3, -0.25) is 4.90 Å². The average Bonchev–Trinajstić information content (AvgIpc) is 2.07. The average molecular weight is 197 g/mol. The van der Waals surface area contributed by atoms with E-state index in [1.54, 1.807) is 0 Å². The summed E-state index contributed by atoms with van der Waals surface area (Å²) in [5.41, 5.74) is 0. The Labute approximate surface area is 89.9 Å². The van der Waals surface area contributed by atoms with Crippen molar-refractivity contribution < 1.29 is 0 Å². The van der Waals surface area contributed by atoms with Crippen LogP contribution in [0.3, 0.4) is 0 Å². The van der Waals surface area contributed by atoms with Gasteiger partial charge in [0.1, 0.15) is 0 Å². The highest BCUT2D eigenvalue weighted by atomic mass is 15.2. The lowest BCUT2D eigenvalue weighted by Gasteiger charge is -2.41. The zero-order valence-electron chi connectivity index (χ0n) is 10.6. The van der Waals surface area contributed by atoms with Crippen molar-refractivity contribution in [3.63, 3.8) is 0 Å². The molecule has 14 heavy (non-hydrogen) atoms. The first-order valence-corrected chi connectivity index (χ1v) is 6.26. The normalized spacial score (nSPS) is 30.2. The summed E-state index contributed by atoms with van der Waals surface area (Å²) in [4.78, 5) is 2.68. The maximum atomic E-state index is 2.68. The largest absolute Gasteiger partial charge is 0.298 e. The van der Waals surface area contributed by atoms with Gasteiger partial charge >= 0.3 is 0 Å². The predicted octanol–water partition coefficient (Wildman–Crippen LogP) is 3.54. The van der Waals surface area contributed by atoms with Gasteiger partial charge in [-0.1, -0.05) is 13.8 Å². The first kappa shape index (κ1) is 12.0. The van der Waals surface area contributed by atoms with Crippen molar-refractivity contribution >= 4 is 0 Å². The summed E-state index contributed by atoms with van der Waals surface area (Å²) in [6.07, 6.45) is 4.26. The molecule has 0 aliphatic carbocycles. The van der Waals surface area contributed by atoms with Gasteiger partial charge in [0.2, 0.25) is 0 Å². The number of rotatable bonds is 3. The van der Waals surface area contributed by atoms with Gasteiger partial charge in [-0.25, -0.2) is 0 Å². The van der Waals surface area contributed by atoms with E-state index in [4.69, 9.17) is 0 Å². The minimum Gasteiger partial charge on any atom is -0.298 e. The van der Waals surface area contributed by atoms with Crippen molar-refractivity contribution in [3.05, 3.63) is 0 Å². The van der Waals surface area contributed by atoms with Crippen LogP contribution in [0.5, 0.6) is 0 Å². The summed E-state index contributed by atoms with van der Waals surface area (Å²) in [7, 11) is 0. The number of hydrogen-bond acceptors (Lipinski definition) is 1. The molecule has 0 aromatic heterocycles. The summed E-state index contributed by atoms with van der Waals surface area (Å²) >= 11 is 0. The fourth-order valence-corrected chi connectivity index (χ4v) is 2.79. The van der Waals surface area contributed by atoms with E-state index in [0.717, 1.165) is 23.9 Å². The van der Waals surface area contributed by atoms with E-state index in [1.165, 1.54) is 25.8 Å². The summed E-state index contributed by atoms with van der Waals surface area (Å²) in [5, 5.41) is 0. The fourth-order valence-electron chi connectivity index (χ4n) is 2.79. The standard InChI is InChI=1S/C13H27N/c1-10(2)8-13-7-6-12(5)14(9-13)11(3)4/h10-13H,6-9H2,1-5H3.